The number of halogens is 3. The number of rotatable bonds is 8. The van der Waals surface area contributed by atoms with Gasteiger partial charge in [0.15, 0.2) is 11.6 Å². The molecule has 170 valence electrons. The Morgan fingerprint density at radius 2 is 1.50 bits per heavy atom. The summed E-state index contributed by atoms with van der Waals surface area (Å²) >= 11 is 0. The topological polar surface area (TPSA) is 0 Å². The van der Waals surface area contributed by atoms with Gasteiger partial charge in [-0.05, 0) is 53.3 Å². The Balaban J connectivity index is 1.38. The summed E-state index contributed by atoms with van der Waals surface area (Å²) < 4.78 is 42.0. The van der Waals surface area contributed by atoms with Crippen molar-refractivity contribution in [2.75, 3.05) is 0 Å². The van der Waals surface area contributed by atoms with Crippen molar-refractivity contribution >= 4 is 10.8 Å². The number of unbranched alkanes of at least 4 members (excludes halogenated alkanes) is 2. The van der Waals surface area contributed by atoms with E-state index >= 15 is 4.39 Å². The van der Waals surface area contributed by atoms with Crippen LogP contribution in [0.3, 0.4) is 0 Å². The summed E-state index contributed by atoms with van der Waals surface area (Å²) in [7, 11) is 0. The second kappa shape index (κ2) is 10.6. The van der Waals surface area contributed by atoms with Gasteiger partial charge in [0, 0.05) is 10.9 Å². The van der Waals surface area contributed by atoms with Crippen molar-refractivity contribution in [3.05, 3.63) is 71.5 Å². The van der Waals surface area contributed by atoms with Gasteiger partial charge in [-0.25, -0.2) is 13.2 Å². The van der Waals surface area contributed by atoms with Crippen LogP contribution in [0.15, 0.2) is 48.5 Å². The lowest BCUT2D eigenvalue weighted by Crippen LogP contribution is -2.15. The standard InChI is InChI=1S/C29H33F3/c1-2-3-4-5-20-6-8-21(9-7-20)10-11-22-12-15-25-23(18-22)13-16-26(29(25)32)24-14-17-27(30)28(31)19-24/h12-21H,2-11H2,1H3/t20-,21-. The van der Waals surface area contributed by atoms with Gasteiger partial charge in [0.25, 0.3) is 0 Å². The van der Waals surface area contributed by atoms with Crippen molar-refractivity contribution in [2.45, 2.75) is 71.1 Å². The molecular weight excluding hydrogens is 405 g/mol. The number of fused-ring (bicyclic) bond motifs is 1. The van der Waals surface area contributed by atoms with Crippen LogP contribution in [-0.2, 0) is 6.42 Å². The molecule has 0 unspecified atom stereocenters. The summed E-state index contributed by atoms with van der Waals surface area (Å²) in [5.41, 5.74) is 1.88. The zero-order valence-corrected chi connectivity index (χ0v) is 19.0. The summed E-state index contributed by atoms with van der Waals surface area (Å²) in [5, 5.41) is 1.37. The molecule has 0 N–H and O–H groups in total. The van der Waals surface area contributed by atoms with Crippen LogP contribution in [0.1, 0.15) is 70.3 Å². The molecule has 1 aliphatic rings. The van der Waals surface area contributed by atoms with Gasteiger partial charge in [0.1, 0.15) is 5.82 Å². The van der Waals surface area contributed by atoms with Gasteiger partial charge in [-0.3, -0.25) is 0 Å². The van der Waals surface area contributed by atoms with E-state index in [2.05, 4.69) is 13.0 Å². The molecule has 0 bridgehead atoms. The zero-order valence-electron chi connectivity index (χ0n) is 19.0. The first-order chi connectivity index (χ1) is 15.5. The first-order valence-corrected chi connectivity index (χ1v) is 12.2. The van der Waals surface area contributed by atoms with Gasteiger partial charge in [-0.15, -0.1) is 0 Å². The second-order valence-corrected chi connectivity index (χ2v) is 9.53. The van der Waals surface area contributed by atoms with Crippen LogP contribution in [0, 0.1) is 29.3 Å². The summed E-state index contributed by atoms with van der Waals surface area (Å²) in [6.07, 6.45) is 13.1. The van der Waals surface area contributed by atoms with E-state index in [1.807, 2.05) is 18.2 Å². The highest BCUT2D eigenvalue weighted by Gasteiger charge is 2.20. The fourth-order valence-corrected chi connectivity index (χ4v) is 5.25. The molecule has 1 fully saturated rings. The van der Waals surface area contributed by atoms with Crippen molar-refractivity contribution in [1.82, 2.24) is 0 Å². The Morgan fingerprint density at radius 1 is 0.750 bits per heavy atom. The fourth-order valence-electron chi connectivity index (χ4n) is 5.25. The van der Waals surface area contributed by atoms with Crippen LogP contribution in [0.5, 0.6) is 0 Å². The Morgan fingerprint density at radius 3 is 2.22 bits per heavy atom. The van der Waals surface area contributed by atoms with Crippen LogP contribution in [0.25, 0.3) is 21.9 Å². The lowest BCUT2D eigenvalue weighted by Gasteiger charge is -2.28. The van der Waals surface area contributed by atoms with Crippen LogP contribution >= 0.6 is 0 Å². The van der Waals surface area contributed by atoms with Gasteiger partial charge >= 0.3 is 0 Å². The number of aryl methyl sites for hydroxylation is 1. The van der Waals surface area contributed by atoms with Gasteiger partial charge in [0.2, 0.25) is 0 Å². The molecule has 0 spiro atoms. The Bertz CT molecular complexity index is 1050. The van der Waals surface area contributed by atoms with Crippen LogP contribution in [-0.4, -0.2) is 0 Å². The van der Waals surface area contributed by atoms with Crippen molar-refractivity contribution in [3.8, 4) is 11.1 Å². The molecule has 3 heteroatoms. The van der Waals surface area contributed by atoms with E-state index in [1.54, 1.807) is 6.07 Å². The predicted molar refractivity (Wildman–Crippen MR) is 127 cm³/mol. The van der Waals surface area contributed by atoms with Crippen molar-refractivity contribution in [1.29, 1.82) is 0 Å². The fraction of sp³-hybridized carbons (Fsp3) is 0.448. The lowest BCUT2D eigenvalue weighted by molar-refractivity contribution is 0.249. The molecule has 1 aliphatic carbocycles. The van der Waals surface area contributed by atoms with Gasteiger partial charge in [-0.2, -0.15) is 0 Å². The largest absolute Gasteiger partial charge is 0.206 e. The highest BCUT2D eigenvalue weighted by Crippen LogP contribution is 2.35. The summed E-state index contributed by atoms with van der Waals surface area (Å²) in [4.78, 5) is 0. The molecular formula is C29H33F3. The molecule has 0 aliphatic heterocycles. The number of hydrogen-bond acceptors (Lipinski definition) is 0. The van der Waals surface area contributed by atoms with Crippen LogP contribution < -0.4 is 0 Å². The second-order valence-electron chi connectivity index (χ2n) is 9.53. The molecule has 0 aromatic heterocycles. The molecule has 0 heterocycles. The zero-order chi connectivity index (χ0) is 22.5. The van der Waals surface area contributed by atoms with E-state index in [1.165, 1.54) is 69.4 Å². The molecule has 0 radical (unpaired) electrons. The Labute approximate surface area is 189 Å². The third kappa shape index (κ3) is 5.36. The first-order valence-electron chi connectivity index (χ1n) is 12.2. The molecule has 3 aromatic carbocycles. The lowest BCUT2D eigenvalue weighted by atomic mass is 9.77. The number of benzene rings is 3. The summed E-state index contributed by atoms with van der Waals surface area (Å²) in [5.74, 6) is -0.538. The summed E-state index contributed by atoms with van der Waals surface area (Å²) in [6.45, 7) is 2.27. The van der Waals surface area contributed by atoms with E-state index in [9.17, 15) is 8.78 Å². The summed E-state index contributed by atoms with van der Waals surface area (Å²) in [6, 6.07) is 12.9. The van der Waals surface area contributed by atoms with Crippen molar-refractivity contribution in [2.24, 2.45) is 11.8 Å². The molecule has 1 saturated carbocycles. The number of hydrogen-bond donors (Lipinski definition) is 0. The molecule has 3 aromatic rings. The minimum Gasteiger partial charge on any atom is -0.206 e. The quantitative estimate of drug-likeness (QED) is 0.307. The molecule has 32 heavy (non-hydrogen) atoms. The van der Waals surface area contributed by atoms with Crippen LogP contribution in [0.2, 0.25) is 0 Å². The maximum absolute atomic E-state index is 15.1. The average molecular weight is 439 g/mol. The average Bonchev–Trinajstić information content (AvgIpc) is 2.81. The van der Waals surface area contributed by atoms with Crippen molar-refractivity contribution < 1.29 is 13.2 Å². The van der Waals surface area contributed by atoms with E-state index in [0.717, 1.165) is 35.8 Å². The Hall–Kier alpha value is -2.29. The third-order valence-electron chi connectivity index (χ3n) is 7.27. The van der Waals surface area contributed by atoms with E-state index in [0.29, 0.717) is 16.5 Å². The van der Waals surface area contributed by atoms with Gasteiger partial charge < -0.3 is 0 Å². The monoisotopic (exact) mass is 438 g/mol. The molecule has 4 rings (SSSR count). The van der Waals surface area contributed by atoms with Crippen LogP contribution in [0.4, 0.5) is 13.2 Å². The highest BCUT2D eigenvalue weighted by atomic mass is 19.2. The maximum Gasteiger partial charge on any atom is 0.159 e. The smallest absolute Gasteiger partial charge is 0.159 e. The SMILES string of the molecule is CCCCC[C@H]1CC[C@H](CCc2ccc3c(F)c(-c4ccc(F)c(F)c4)ccc3c2)CC1. The van der Waals surface area contributed by atoms with Gasteiger partial charge in [-0.1, -0.05) is 94.7 Å². The van der Waals surface area contributed by atoms with E-state index < -0.39 is 11.6 Å². The molecule has 0 amide bonds. The minimum atomic E-state index is -0.965. The molecule has 0 nitrogen and oxygen atoms in total. The molecule has 0 saturated heterocycles. The minimum absolute atomic E-state index is 0.292. The van der Waals surface area contributed by atoms with Gasteiger partial charge in [0.05, 0.1) is 0 Å². The molecule has 0 atom stereocenters. The first kappa shape index (κ1) is 22.9. The van der Waals surface area contributed by atoms with E-state index in [4.69, 9.17) is 0 Å². The maximum atomic E-state index is 15.1. The Kier molecular flexibility index (Phi) is 7.55. The highest BCUT2D eigenvalue weighted by molar-refractivity contribution is 5.88. The van der Waals surface area contributed by atoms with E-state index in [-0.39, 0.29) is 5.82 Å². The van der Waals surface area contributed by atoms with Crippen molar-refractivity contribution in [3.63, 3.8) is 0 Å². The predicted octanol–water partition coefficient (Wildman–Crippen LogP) is 9.24. The third-order valence-corrected chi connectivity index (χ3v) is 7.27. The normalized spacial score (nSPS) is 18.9.